The van der Waals surface area contributed by atoms with Crippen LogP contribution >= 0.6 is 23.2 Å². The Labute approximate surface area is 300 Å². The van der Waals surface area contributed by atoms with Crippen molar-refractivity contribution < 1.29 is 32.9 Å². The van der Waals surface area contributed by atoms with Crippen molar-refractivity contribution in [1.29, 1.82) is 0 Å². The van der Waals surface area contributed by atoms with Crippen LogP contribution in [0, 0.1) is 11.2 Å². The molecule has 2 atom stereocenters. The average Bonchev–Trinajstić information content (AvgIpc) is 3.86. The highest BCUT2D eigenvalue weighted by Crippen LogP contribution is 2.53. The molecule has 1 spiro atoms. The first-order chi connectivity index (χ1) is 24.2. The third-order valence-electron chi connectivity index (χ3n) is 11.3. The SMILES string of the molecule is COC(=O)c1cc(F)c(-c2cccc3c2OCN(C(=O)c2c(Cl)cc(N4CC5(CC(OC6CC6)C5)C4)cc2Cl)C3)cc1N1C2CCC1COC2. The zero-order valence-corrected chi connectivity index (χ0v) is 29.3. The molecule has 6 aliphatic rings. The van der Waals surface area contributed by atoms with Gasteiger partial charge in [-0.2, -0.15) is 0 Å². The molecule has 4 heterocycles. The number of carbonyl (C=O) groups is 2. The van der Waals surface area contributed by atoms with E-state index >= 15 is 4.39 Å². The number of fused-ring (bicyclic) bond motifs is 3. The monoisotopic (exact) mass is 721 g/mol. The van der Waals surface area contributed by atoms with Crippen LogP contribution in [0.5, 0.6) is 5.75 Å². The molecular formula is C38H38Cl2FN3O6. The van der Waals surface area contributed by atoms with E-state index in [1.54, 1.807) is 17.0 Å². The number of methoxy groups -OCH3 is 1. The molecular weight excluding hydrogens is 684 g/mol. The number of esters is 1. The summed E-state index contributed by atoms with van der Waals surface area (Å²) in [6.45, 7) is 3.10. The Kier molecular flexibility index (Phi) is 7.95. The highest BCUT2D eigenvalue weighted by atomic mass is 35.5. The van der Waals surface area contributed by atoms with E-state index in [9.17, 15) is 9.59 Å². The maximum atomic E-state index is 15.9. The second kappa shape index (κ2) is 12.3. The molecule has 2 unspecified atom stereocenters. The van der Waals surface area contributed by atoms with Crippen molar-refractivity contribution in [3.8, 4) is 16.9 Å². The fraction of sp³-hybridized carbons (Fsp3) is 0.474. The van der Waals surface area contributed by atoms with Gasteiger partial charge in [0, 0.05) is 40.9 Å². The van der Waals surface area contributed by atoms with Crippen LogP contribution in [0.15, 0.2) is 42.5 Å². The summed E-state index contributed by atoms with van der Waals surface area (Å²) < 4.78 is 39.0. The number of ether oxygens (including phenoxy) is 4. The quantitative estimate of drug-likeness (QED) is 0.239. The third kappa shape index (κ3) is 5.50. The van der Waals surface area contributed by atoms with Crippen LogP contribution in [0.25, 0.3) is 11.1 Å². The van der Waals surface area contributed by atoms with Crippen molar-refractivity contribution in [2.24, 2.45) is 5.41 Å². The molecule has 0 aromatic heterocycles. The first-order valence-corrected chi connectivity index (χ1v) is 18.2. The van der Waals surface area contributed by atoms with Crippen molar-refractivity contribution in [3.63, 3.8) is 0 Å². The van der Waals surface area contributed by atoms with Crippen LogP contribution in [0.1, 0.15) is 64.8 Å². The Bertz CT molecular complexity index is 1850. The number of rotatable bonds is 7. The minimum Gasteiger partial charge on any atom is -0.472 e. The van der Waals surface area contributed by atoms with Gasteiger partial charge in [-0.25, -0.2) is 9.18 Å². The molecule has 9 nitrogen and oxygen atoms in total. The first kappa shape index (κ1) is 32.3. The normalized spacial score (nSPS) is 23.6. The van der Waals surface area contributed by atoms with Crippen LogP contribution in [0.3, 0.4) is 0 Å². The van der Waals surface area contributed by atoms with E-state index in [-0.39, 0.29) is 42.4 Å². The van der Waals surface area contributed by atoms with Crippen LogP contribution in [0.2, 0.25) is 10.0 Å². The van der Waals surface area contributed by atoms with Crippen molar-refractivity contribution in [3.05, 3.63) is 75.0 Å². The molecule has 4 aliphatic heterocycles. The molecule has 3 aromatic carbocycles. The van der Waals surface area contributed by atoms with Gasteiger partial charge in [0.25, 0.3) is 5.91 Å². The standard InChI is InChI=1S/C38H38Cl2FN3O6/c1-47-37(46)29-11-32(41)28(12-33(29)44-22-5-6-23(44)17-48-16-22)27-4-2-3-21-15-42(20-49-35(21)27)36(45)34-30(39)9-24(10-31(34)40)43-18-38(19-43)13-26(14-38)50-25-7-8-25/h2-4,9-12,22-23,25-26H,5-8,13-20H2,1H3. The molecule has 5 fully saturated rings. The molecule has 0 N–H and O–H groups in total. The Morgan fingerprint density at radius 3 is 2.34 bits per heavy atom. The van der Waals surface area contributed by atoms with Gasteiger partial charge in [0.05, 0.1) is 78.0 Å². The van der Waals surface area contributed by atoms with Crippen molar-refractivity contribution >= 4 is 46.5 Å². The molecule has 9 rings (SSSR count). The predicted molar refractivity (Wildman–Crippen MR) is 187 cm³/mol. The summed E-state index contributed by atoms with van der Waals surface area (Å²) in [5, 5.41) is 0.581. The van der Waals surface area contributed by atoms with Crippen LogP contribution in [0.4, 0.5) is 15.8 Å². The summed E-state index contributed by atoms with van der Waals surface area (Å²) >= 11 is 13.5. The molecule has 2 saturated carbocycles. The minimum absolute atomic E-state index is 0.0711. The number of hydrogen-bond acceptors (Lipinski definition) is 8. The molecule has 12 heteroatoms. The van der Waals surface area contributed by atoms with E-state index in [1.807, 2.05) is 24.3 Å². The van der Waals surface area contributed by atoms with Crippen LogP contribution in [-0.4, -0.2) is 81.2 Å². The Hall–Kier alpha value is -3.57. The molecule has 2 aliphatic carbocycles. The summed E-state index contributed by atoms with van der Waals surface area (Å²) in [7, 11) is 1.30. The Balaban J connectivity index is 0.942. The van der Waals surface area contributed by atoms with Gasteiger partial charge in [-0.05, 0) is 62.8 Å². The van der Waals surface area contributed by atoms with Gasteiger partial charge in [0.15, 0.2) is 6.73 Å². The van der Waals surface area contributed by atoms with E-state index in [1.165, 1.54) is 26.0 Å². The first-order valence-electron chi connectivity index (χ1n) is 17.4. The average molecular weight is 723 g/mol. The highest BCUT2D eigenvalue weighted by molar-refractivity contribution is 6.40. The summed E-state index contributed by atoms with van der Waals surface area (Å²) in [6.07, 6.45) is 7.31. The molecule has 0 radical (unpaired) electrons. The lowest BCUT2D eigenvalue weighted by Crippen LogP contribution is -2.64. The molecule has 1 amide bonds. The van der Waals surface area contributed by atoms with E-state index in [4.69, 9.17) is 42.1 Å². The van der Waals surface area contributed by atoms with E-state index in [2.05, 4.69) is 9.80 Å². The summed E-state index contributed by atoms with van der Waals surface area (Å²) in [5.74, 6) is -1.03. The predicted octanol–water partition coefficient (Wildman–Crippen LogP) is 7.09. The molecule has 50 heavy (non-hydrogen) atoms. The largest absolute Gasteiger partial charge is 0.472 e. The minimum atomic E-state index is -0.596. The summed E-state index contributed by atoms with van der Waals surface area (Å²) in [5.41, 5.74) is 3.79. The van der Waals surface area contributed by atoms with Crippen molar-refractivity contribution in [1.82, 2.24) is 4.90 Å². The Morgan fingerprint density at radius 1 is 0.940 bits per heavy atom. The van der Waals surface area contributed by atoms with E-state index in [0.717, 1.165) is 44.5 Å². The summed E-state index contributed by atoms with van der Waals surface area (Å²) in [4.78, 5) is 32.7. The second-order valence-electron chi connectivity index (χ2n) is 14.7. The third-order valence-corrected chi connectivity index (χ3v) is 11.9. The topological polar surface area (TPSA) is 80.8 Å². The number of para-hydroxylation sites is 1. The lowest BCUT2D eigenvalue weighted by molar-refractivity contribution is -0.0995. The fourth-order valence-electron chi connectivity index (χ4n) is 8.68. The maximum absolute atomic E-state index is 15.9. The van der Waals surface area contributed by atoms with Gasteiger partial charge in [0.1, 0.15) is 11.6 Å². The zero-order chi connectivity index (χ0) is 34.3. The van der Waals surface area contributed by atoms with Gasteiger partial charge >= 0.3 is 5.97 Å². The van der Waals surface area contributed by atoms with Crippen molar-refractivity contribution in [2.45, 2.75) is 69.4 Å². The number of morpholine rings is 1. The zero-order valence-electron chi connectivity index (χ0n) is 27.8. The number of anilines is 2. The molecule has 2 bridgehead atoms. The number of hydrogen-bond donors (Lipinski definition) is 0. The van der Waals surface area contributed by atoms with Gasteiger partial charge in [0.2, 0.25) is 0 Å². The van der Waals surface area contributed by atoms with Gasteiger partial charge in [-0.1, -0.05) is 41.4 Å². The number of amides is 1. The number of carbonyl (C=O) groups excluding carboxylic acids is 2. The summed E-state index contributed by atoms with van der Waals surface area (Å²) in [6, 6.07) is 12.3. The van der Waals surface area contributed by atoms with Gasteiger partial charge in [-0.15, -0.1) is 0 Å². The van der Waals surface area contributed by atoms with E-state index in [0.29, 0.717) is 69.0 Å². The highest BCUT2D eigenvalue weighted by Gasteiger charge is 2.54. The van der Waals surface area contributed by atoms with Crippen molar-refractivity contribution in [2.75, 3.05) is 49.9 Å². The molecule has 262 valence electrons. The number of halogens is 3. The van der Waals surface area contributed by atoms with Crippen LogP contribution < -0.4 is 14.5 Å². The van der Waals surface area contributed by atoms with Gasteiger partial charge < -0.3 is 33.6 Å². The van der Waals surface area contributed by atoms with Crippen LogP contribution in [-0.2, 0) is 20.8 Å². The second-order valence-corrected chi connectivity index (χ2v) is 15.6. The smallest absolute Gasteiger partial charge is 0.340 e. The Morgan fingerprint density at radius 2 is 1.66 bits per heavy atom. The number of benzene rings is 3. The fourth-order valence-corrected chi connectivity index (χ4v) is 9.32. The number of nitrogens with zero attached hydrogens (tertiary/aromatic N) is 3. The van der Waals surface area contributed by atoms with Gasteiger partial charge in [-0.3, -0.25) is 4.79 Å². The van der Waals surface area contributed by atoms with E-state index < -0.39 is 11.8 Å². The molecule has 3 saturated heterocycles. The lowest BCUT2D eigenvalue weighted by Gasteiger charge is -2.59. The lowest BCUT2D eigenvalue weighted by atomic mass is 9.61. The maximum Gasteiger partial charge on any atom is 0.340 e. The molecule has 3 aromatic rings.